The minimum atomic E-state index is -0.319. The summed E-state index contributed by atoms with van der Waals surface area (Å²) in [6, 6.07) is 15.1. The summed E-state index contributed by atoms with van der Waals surface area (Å²) in [5.41, 5.74) is 1.96. The molecule has 0 radical (unpaired) electrons. The van der Waals surface area contributed by atoms with Crippen LogP contribution in [0.2, 0.25) is 0 Å². The average Bonchev–Trinajstić information content (AvgIpc) is 2.54. The number of nitrogens with zero attached hydrogens (tertiary/aromatic N) is 2. The fraction of sp³-hybridized carbons (Fsp3) is 0.118. The van der Waals surface area contributed by atoms with E-state index in [9.17, 15) is 10.1 Å². The predicted octanol–water partition coefficient (Wildman–Crippen LogP) is 4.86. The molecule has 3 aromatic rings. The molecule has 110 valence electrons. The standard InChI is InChI=1S/C17H14N2O2S/c1-2-12-6-3-4-8-15(12)22-16-10-9-14-13(7-5-11-18-14)17(16)19(20)21/h3-11H,2H2,1H3. The molecule has 0 N–H and O–H groups in total. The van der Waals surface area contributed by atoms with Gasteiger partial charge in [-0.15, -0.1) is 0 Å². The molecule has 5 heteroatoms. The minimum absolute atomic E-state index is 0.126. The molecule has 0 aliphatic rings. The molecule has 3 rings (SSSR count). The zero-order chi connectivity index (χ0) is 15.5. The monoisotopic (exact) mass is 310 g/mol. The highest BCUT2D eigenvalue weighted by atomic mass is 32.2. The number of nitro benzene ring substituents is 1. The summed E-state index contributed by atoms with van der Waals surface area (Å²) in [5, 5.41) is 12.1. The number of aryl methyl sites for hydroxylation is 1. The van der Waals surface area contributed by atoms with Crippen molar-refractivity contribution in [1.82, 2.24) is 4.98 Å². The Hall–Kier alpha value is -2.40. The SMILES string of the molecule is CCc1ccccc1Sc1ccc2ncccc2c1[N+](=O)[O-]. The second-order valence-corrected chi connectivity index (χ2v) is 5.89. The van der Waals surface area contributed by atoms with Crippen molar-refractivity contribution in [2.45, 2.75) is 23.1 Å². The Bertz CT molecular complexity index is 849. The molecule has 1 heterocycles. The maximum absolute atomic E-state index is 11.5. The number of pyridine rings is 1. The Morgan fingerprint density at radius 3 is 2.68 bits per heavy atom. The quantitative estimate of drug-likeness (QED) is 0.510. The summed E-state index contributed by atoms with van der Waals surface area (Å²) in [6.07, 6.45) is 2.54. The Balaban J connectivity index is 2.14. The highest BCUT2D eigenvalue weighted by molar-refractivity contribution is 7.99. The van der Waals surface area contributed by atoms with Gasteiger partial charge in [-0.25, -0.2) is 0 Å². The van der Waals surface area contributed by atoms with Crippen LogP contribution >= 0.6 is 11.8 Å². The Morgan fingerprint density at radius 2 is 1.91 bits per heavy atom. The maximum Gasteiger partial charge on any atom is 0.292 e. The van der Waals surface area contributed by atoms with Crippen LogP contribution in [0.15, 0.2) is 64.5 Å². The van der Waals surface area contributed by atoms with Gasteiger partial charge in [-0.1, -0.05) is 36.9 Å². The third-order valence-corrected chi connectivity index (χ3v) is 4.64. The molecule has 0 unspecified atom stereocenters. The fourth-order valence-corrected chi connectivity index (χ4v) is 3.55. The lowest BCUT2D eigenvalue weighted by atomic mass is 10.2. The third kappa shape index (κ3) is 2.67. The van der Waals surface area contributed by atoms with Crippen LogP contribution in [0.1, 0.15) is 12.5 Å². The largest absolute Gasteiger partial charge is 0.292 e. The zero-order valence-electron chi connectivity index (χ0n) is 12.0. The molecule has 0 amide bonds. The molecule has 2 aromatic carbocycles. The number of nitro groups is 1. The van der Waals surface area contributed by atoms with Gasteiger partial charge in [0.2, 0.25) is 0 Å². The maximum atomic E-state index is 11.5. The van der Waals surface area contributed by atoms with Gasteiger partial charge in [0.05, 0.1) is 20.7 Å². The molecule has 0 aliphatic carbocycles. The Morgan fingerprint density at radius 1 is 1.09 bits per heavy atom. The van der Waals surface area contributed by atoms with Gasteiger partial charge in [-0.05, 0) is 42.3 Å². The smallest absolute Gasteiger partial charge is 0.258 e. The molecule has 0 aliphatic heterocycles. The van der Waals surface area contributed by atoms with E-state index in [4.69, 9.17) is 0 Å². The molecule has 0 spiro atoms. The molecule has 22 heavy (non-hydrogen) atoms. The first-order valence-electron chi connectivity index (χ1n) is 6.98. The van der Waals surface area contributed by atoms with Crippen molar-refractivity contribution in [3.8, 4) is 0 Å². The summed E-state index contributed by atoms with van der Waals surface area (Å²) in [5.74, 6) is 0. The minimum Gasteiger partial charge on any atom is -0.258 e. The molecule has 1 aromatic heterocycles. The van der Waals surface area contributed by atoms with E-state index in [1.165, 1.54) is 17.3 Å². The van der Waals surface area contributed by atoms with Gasteiger partial charge in [0.1, 0.15) is 0 Å². The topological polar surface area (TPSA) is 56.0 Å². The normalized spacial score (nSPS) is 10.8. The van der Waals surface area contributed by atoms with Crippen LogP contribution in [-0.2, 0) is 6.42 Å². The van der Waals surface area contributed by atoms with Crippen LogP contribution in [-0.4, -0.2) is 9.91 Å². The van der Waals surface area contributed by atoms with Gasteiger partial charge in [0.15, 0.2) is 0 Å². The number of aromatic nitrogens is 1. The Kier molecular flexibility index (Phi) is 4.06. The van der Waals surface area contributed by atoms with E-state index in [-0.39, 0.29) is 10.6 Å². The Labute approximate surface area is 132 Å². The first-order chi connectivity index (χ1) is 10.7. The van der Waals surface area contributed by atoms with E-state index < -0.39 is 0 Å². The van der Waals surface area contributed by atoms with E-state index >= 15 is 0 Å². The summed E-state index contributed by atoms with van der Waals surface area (Å²) < 4.78 is 0. The first-order valence-corrected chi connectivity index (χ1v) is 7.80. The molecule has 0 fully saturated rings. The molecule has 0 saturated carbocycles. The molecule has 4 nitrogen and oxygen atoms in total. The molecule has 0 atom stereocenters. The van der Waals surface area contributed by atoms with Crippen molar-refractivity contribution in [3.63, 3.8) is 0 Å². The lowest BCUT2D eigenvalue weighted by Gasteiger charge is -2.09. The van der Waals surface area contributed by atoms with Crippen molar-refractivity contribution in [3.05, 3.63) is 70.4 Å². The van der Waals surface area contributed by atoms with Crippen LogP contribution in [0, 0.1) is 10.1 Å². The van der Waals surface area contributed by atoms with Crippen molar-refractivity contribution in [2.24, 2.45) is 0 Å². The van der Waals surface area contributed by atoms with E-state index in [2.05, 4.69) is 18.0 Å². The van der Waals surface area contributed by atoms with Crippen molar-refractivity contribution < 1.29 is 4.92 Å². The van der Waals surface area contributed by atoms with Crippen LogP contribution in [0.3, 0.4) is 0 Å². The molecule has 0 saturated heterocycles. The summed E-state index contributed by atoms with van der Waals surface area (Å²) in [6.45, 7) is 2.08. The van der Waals surface area contributed by atoms with Crippen molar-refractivity contribution in [2.75, 3.05) is 0 Å². The first kappa shape index (κ1) is 14.5. The van der Waals surface area contributed by atoms with Crippen LogP contribution in [0.25, 0.3) is 10.9 Å². The van der Waals surface area contributed by atoms with Crippen LogP contribution in [0.4, 0.5) is 5.69 Å². The highest BCUT2D eigenvalue weighted by Gasteiger charge is 2.20. The number of rotatable bonds is 4. The third-order valence-electron chi connectivity index (χ3n) is 3.48. The van der Waals surface area contributed by atoms with Crippen LogP contribution in [0.5, 0.6) is 0 Å². The average molecular weight is 310 g/mol. The van der Waals surface area contributed by atoms with E-state index in [0.29, 0.717) is 15.8 Å². The van der Waals surface area contributed by atoms with Crippen molar-refractivity contribution >= 4 is 28.4 Å². The van der Waals surface area contributed by atoms with Crippen molar-refractivity contribution in [1.29, 1.82) is 0 Å². The second kappa shape index (κ2) is 6.15. The highest BCUT2D eigenvalue weighted by Crippen LogP contribution is 2.40. The lowest BCUT2D eigenvalue weighted by Crippen LogP contribution is -1.94. The molecular formula is C17H14N2O2S. The zero-order valence-corrected chi connectivity index (χ0v) is 12.8. The van der Waals surface area contributed by atoms with Gasteiger partial charge in [-0.3, -0.25) is 15.1 Å². The molecular weight excluding hydrogens is 296 g/mol. The summed E-state index contributed by atoms with van der Waals surface area (Å²) >= 11 is 1.44. The number of fused-ring (bicyclic) bond motifs is 1. The summed E-state index contributed by atoms with van der Waals surface area (Å²) in [4.78, 5) is 17.1. The van der Waals surface area contributed by atoms with E-state index in [1.807, 2.05) is 24.3 Å². The second-order valence-electron chi connectivity index (χ2n) is 4.80. The van der Waals surface area contributed by atoms with Crippen LogP contribution < -0.4 is 0 Å². The predicted molar refractivity (Wildman–Crippen MR) is 88.3 cm³/mol. The van der Waals surface area contributed by atoms with E-state index in [0.717, 1.165) is 11.3 Å². The number of benzene rings is 2. The fourth-order valence-electron chi connectivity index (χ4n) is 2.40. The van der Waals surface area contributed by atoms with E-state index in [1.54, 1.807) is 24.4 Å². The van der Waals surface area contributed by atoms with Gasteiger partial charge in [0.25, 0.3) is 5.69 Å². The van der Waals surface area contributed by atoms with Gasteiger partial charge >= 0.3 is 0 Å². The van der Waals surface area contributed by atoms with Gasteiger partial charge in [-0.2, -0.15) is 0 Å². The van der Waals surface area contributed by atoms with Gasteiger partial charge < -0.3 is 0 Å². The number of hydrogen-bond acceptors (Lipinski definition) is 4. The lowest BCUT2D eigenvalue weighted by molar-refractivity contribution is -0.385. The summed E-state index contributed by atoms with van der Waals surface area (Å²) in [7, 11) is 0. The van der Waals surface area contributed by atoms with Gasteiger partial charge in [0, 0.05) is 11.1 Å². The molecule has 0 bridgehead atoms. The number of hydrogen-bond donors (Lipinski definition) is 0.